The number of hydrogen-bond acceptors (Lipinski definition) is 4. The maximum Gasteiger partial charge on any atom is 0.257 e. The van der Waals surface area contributed by atoms with Crippen LogP contribution in [0.4, 0.5) is 5.69 Å². The monoisotopic (exact) mass is 272 g/mol. The van der Waals surface area contributed by atoms with E-state index in [1.54, 1.807) is 42.6 Å². The number of benzene rings is 1. The van der Waals surface area contributed by atoms with Crippen LogP contribution in [0, 0.1) is 6.92 Å². The summed E-state index contributed by atoms with van der Waals surface area (Å²) in [5.74, 6) is 0.440. The van der Waals surface area contributed by atoms with Gasteiger partial charge in [0.05, 0.1) is 12.2 Å². The van der Waals surface area contributed by atoms with Gasteiger partial charge in [0.15, 0.2) is 0 Å². The Morgan fingerprint density at radius 1 is 1.25 bits per heavy atom. The molecule has 1 aromatic carbocycles. The topological polar surface area (TPSA) is 71.5 Å². The van der Waals surface area contributed by atoms with Crippen molar-refractivity contribution in [2.45, 2.75) is 6.92 Å². The van der Waals surface area contributed by atoms with Crippen molar-refractivity contribution in [1.82, 2.24) is 4.98 Å². The van der Waals surface area contributed by atoms with Crippen LogP contribution < -0.4 is 10.1 Å². The minimum atomic E-state index is -0.207. The van der Waals surface area contributed by atoms with E-state index >= 15 is 0 Å². The Kier molecular flexibility index (Phi) is 4.68. The molecule has 0 aliphatic rings. The lowest BCUT2D eigenvalue weighted by Gasteiger charge is -2.07. The van der Waals surface area contributed by atoms with Crippen molar-refractivity contribution in [3.63, 3.8) is 0 Å². The Morgan fingerprint density at radius 2 is 2.00 bits per heavy atom. The molecule has 0 aliphatic carbocycles. The van der Waals surface area contributed by atoms with Crippen LogP contribution in [-0.4, -0.2) is 29.2 Å². The Bertz CT molecular complexity index is 565. The fourth-order valence-electron chi connectivity index (χ4n) is 1.60. The zero-order valence-corrected chi connectivity index (χ0v) is 11.2. The maximum absolute atomic E-state index is 12.0. The lowest BCUT2D eigenvalue weighted by atomic mass is 10.2. The highest BCUT2D eigenvalue weighted by Crippen LogP contribution is 2.16. The maximum atomic E-state index is 12.0. The van der Waals surface area contributed by atoms with Crippen LogP contribution in [0.2, 0.25) is 0 Å². The van der Waals surface area contributed by atoms with E-state index in [2.05, 4.69) is 10.3 Å². The fourth-order valence-corrected chi connectivity index (χ4v) is 1.60. The molecule has 1 amide bonds. The van der Waals surface area contributed by atoms with Gasteiger partial charge in [-0.1, -0.05) is 0 Å². The second kappa shape index (κ2) is 6.68. The Hall–Kier alpha value is -2.40. The van der Waals surface area contributed by atoms with E-state index in [0.717, 1.165) is 5.69 Å². The number of aliphatic hydroxyl groups is 1. The first-order chi connectivity index (χ1) is 9.69. The molecule has 0 fully saturated rings. The number of ether oxygens (including phenoxy) is 1. The lowest BCUT2D eigenvalue weighted by Crippen LogP contribution is -2.12. The van der Waals surface area contributed by atoms with Crippen LogP contribution in [0.5, 0.6) is 5.75 Å². The second-order valence-electron chi connectivity index (χ2n) is 4.24. The molecule has 0 saturated heterocycles. The number of carbonyl (C=O) groups excluding carboxylic acids is 1. The molecule has 0 atom stereocenters. The van der Waals surface area contributed by atoms with Crippen molar-refractivity contribution < 1.29 is 14.6 Å². The first-order valence-corrected chi connectivity index (χ1v) is 6.27. The normalized spacial score (nSPS) is 10.1. The summed E-state index contributed by atoms with van der Waals surface area (Å²) in [4.78, 5) is 16.1. The van der Waals surface area contributed by atoms with Gasteiger partial charge < -0.3 is 15.2 Å². The fraction of sp³-hybridized carbons (Fsp3) is 0.200. The van der Waals surface area contributed by atoms with E-state index in [9.17, 15) is 4.79 Å². The molecule has 0 unspecified atom stereocenters. The van der Waals surface area contributed by atoms with Gasteiger partial charge in [0.2, 0.25) is 0 Å². The number of nitrogens with one attached hydrogen (secondary N) is 1. The summed E-state index contributed by atoms with van der Waals surface area (Å²) in [6, 6.07) is 10.5. The predicted molar refractivity (Wildman–Crippen MR) is 76.0 cm³/mol. The van der Waals surface area contributed by atoms with Crippen LogP contribution in [0.3, 0.4) is 0 Å². The SMILES string of the molecule is Cc1ccc(C(=O)Nc2ccc(OCCO)cc2)cn1. The first-order valence-electron chi connectivity index (χ1n) is 6.27. The molecule has 1 aromatic heterocycles. The molecule has 2 N–H and O–H groups in total. The average Bonchev–Trinajstić information content (AvgIpc) is 2.47. The van der Waals surface area contributed by atoms with Crippen LogP contribution in [0.15, 0.2) is 42.6 Å². The van der Waals surface area contributed by atoms with Crippen molar-refractivity contribution in [3.05, 3.63) is 53.9 Å². The standard InChI is InChI=1S/C15H16N2O3/c1-11-2-3-12(10-16-11)15(19)17-13-4-6-14(7-5-13)20-9-8-18/h2-7,10,18H,8-9H2,1H3,(H,17,19). The largest absolute Gasteiger partial charge is 0.491 e. The lowest BCUT2D eigenvalue weighted by molar-refractivity contribution is 0.102. The number of aryl methyl sites for hydroxylation is 1. The van der Waals surface area contributed by atoms with E-state index in [-0.39, 0.29) is 19.1 Å². The van der Waals surface area contributed by atoms with Crippen LogP contribution in [0.25, 0.3) is 0 Å². The molecule has 0 bridgehead atoms. The highest BCUT2D eigenvalue weighted by atomic mass is 16.5. The number of hydrogen-bond donors (Lipinski definition) is 2. The number of amides is 1. The molecule has 0 saturated carbocycles. The number of aromatic nitrogens is 1. The smallest absolute Gasteiger partial charge is 0.257 e. The van der Waals surface area contributed by atoms with Gasteiger partial charge in [0, 0.05) is 17.6 Å². The Balaban J connectivity index is 1.99. The summed E-state index contributed by atoms with van der Waals surface area (Å²) < 4.78 is 5.24. The highest BCUT2D eigenvalue weighted by Gasteiger charge is 2.06. The van der Waals surface area contributed by atoms with E-state index in [1.165, 1.54) is 0 Å². The van der Waals surface area contributed by atoms with E-state index in [0.29, 0.717) is 17.0 Å². The van der Waals surface area contributed by atoms with Crippen LogP contribution in [0.1, 0.15) is 16.1 Å². The van der Waals surface area contributed by atoms with Gasteiger partial charge >= 0.3 is 0 Å². The van der Waals surface area contributed by atoms with Crippen LogP contribution in [-0.2, 0) is 0 Å². The minimum absolute atomic E-state index is 0.0289. The molecule has 2 aromatic rings. The highest BCUT2D eigenvalue weighted by molar-refractivity contribution is 6.04. The summed E-state index contributed by atoms with van der Waals surface area (Å²) in [6.07, 6.45) is 1.55. The quantitative estimate of drug-likeness (QED) is 0.873. The van der Waals surface area contributed by atoms with Crippen molar-refractivity contribution in [2.24, 2.45) is 0 Å². The molecular weight excluding hydrogens is 256 g/mol. The second-order valence-corrected chi connectivity index (χ2v) is 4.24. The van der Waals surface area contributed by atoms with Crippen molar-refractivity contribution in [2.75, 3.05) is 18.5 Å². The molecule has 2 rings (SSSR count). The molecule has 1 heterocycles. The molecular formula is C15H16N2O3. The minimum Gasteiger partial charge on any atom is -0.491 e. The summed E-state index contributed by atoms with van der Waals surface area (Å²) in [5.41, 5.74) is 2.05. The molecule has 0 radical (unpaired) electrons. The zero-order chi connectivity index (χ0) is 14.4. The van der Waals surface area contributed by atoms with Gasteiger partial charge in [-0.3, -0.25) is 9.78 Å². The number of pyridine rings is 1. The molecule has 0 spiro atoms. The van der Waals surface area contributed by atoms with Crippen LogP contribution >= 0.6 is 0 Å². The third-order valence-corrected chi connectivity index (χ3v) is 2.65. The van der Waals surface area contributed by atoms with E-state index < -0.39 is 0 Å². The summed E-state index contributed by atoms with van der Waals surface area (Å²) in [5, 5.41) is 11.4. The van der Waals surface area contributed by atoms with Gasteiger partial charge in [0.1, 0.15) is 12.4 Å². The average molecular weight is 272 g/mol. The molecule has 0 aliphatic heterocycles. The van der Waals surface area contributed by atoms with Gasteiger partial charge in [-0.05, 0) is 43.3 Å². The van der Waals surface area contributed by atoms with E-state index in [1.807, 2.05) is 6.92 Å². The van der Waals surface area contributed by atoms with Crippen molar-refractivity contribution >= 4 is 11.6 Å². The van der Waals surface area contributed by atoms with Crippen molar-refractivity contribution in [1.29, 1.82) is 0 Å². The molecule has 104 valence electrons. The van der Waals surface area contributed by atoms with Gasteiger partial charge in [-0.2, -0.15) is 0 Å². The number of rotatable bonds is 5. The number of aliphatic hydroxyl groups excluding tert-OH is 1. The summed E-state index contributed by atoms with van der Waals surface area (Å²) >= 11 is 0. The zero-order valence-electron chi connectivity index (χ0n) is 11.2. The first kappa shape index (κ1) is 14.0. The Morgan fingerprint density at radius 3 is 2.60 bits per heavy atom. The van der Waals surface area contributed by atoms with Gasteiger partial charge in [-0.25, -0.2) is 0 Å². The van der Waals surface area contributed by atoms with Gasteiger partial charge in [0.25, 0.3) is 5.91 Å². The van der Waals surface area contributed by atoms with E-state index in [4.69, 9.17) is 9.84 Å². The molecule has 5 heteroatoms. The summed E-state index contributed by atoms with van der Waals surface area (Å²) in [7, 11) is 0. The summed E-state index contributed by atoms with van der Waals surface area (Å²) in [6.45, 7) is 2.09. The third-order valence-electron chi connectivity index (χ3n) is 2.65. The number of nitrogens with zero attached hydrogens (tertiary/aromatic N) is 1. The third kappa shape index (κ3) is 3.80. The molecule has 20 heavy (non-hydrogen) atoms. The van der Waals surface area contributed by atoms with Crippen molar-refractivity contribution in [3.8, 4) is 5.75 Å². The molecule has 5 nitrogen and oxygen atoms in total. The number of anilines is 1. The predicted octanol–water partition coefficient (Wildman–Crippen LogP) is 2.01. The Labute approximate surface area is 117 Å². The number of carbonyl (C=O) groups is 1. The van der Waals surface area contributed by atoms with Gasteiger partial charge in [-0.15, -0.1) is 0 Å².